The van der Waals surface area contributed by atoms with Crippen LogP contribution in [0.25, 0.3) is 0 Å². The predicted molar refractivity (Wildman–Crippen MR) is 142 cm³/mol. The number of carbonyl (C=O) groups excluding carboxylic acids is 5. The van der Waals surface area contributed by atoms with Crippen molar-refractivity contribution in [1.82, 2.24) is 26.6 Å². The summed E-state index contributed by atoms with van der Waals surface area (Å²) >= 11 is 0. The molecule has 1 fully saturated rings. The molecule has 1 aromatic rings. The molecule has 9 N–H and O–H groups in total. The van der Waals surface area contributed by atoms with E-state index in [9.17, 15) is 39.0 Å². The van der Waals surface area contributed by atoms with E-state index in [2.05, 4.69) is 26.6 Å². The molecule has 1 saturated heterocycles. The van der Waals surface area contributed by atoms with E-state index >= 15 is 0 Å². The normalized spacial score (nSPS) is 25.7. The highest BCUT2D eigenvalue weighted by Gasteiger charge is 2.35. The lowest BCUT2D eigenvalue weighted by molar-refractivity contribution is -0.141. The van der Waals surface area contributed by atoms with Gasteiger partial charge in [-0.2, -0.15) is 0 Å². The summed E-state index contributed by atoms with van der Waals surface area (Å²) in [6.45, 7) is 2.94. The number of amides is 5. The van der Waals surface area contributed by atoms with Gasteiger partial charge in [0, 0.05) is 6.42 Å². The van der Waals surface area contributed by atoms with Crippen LogP contribution < -0.4 is 32.3 Å². The molecule has 0 saturated carbocycles. The van der Waals surface area contributed by atoms with Gasteiger partial charge in [-0.3, -0.25) is 28.8 Å². The number of nitrogens with one attached hydrogen (secondary N) is 5. The summed E-state index contributed by atoms with van der Waals surface area (Å²) < 4.78 is 0. The van der Waals surface area contributed by atoms with Crippen molar-refractivity contribution >= 4 is 35.5 Å². The van der Waals surface area contributed by atoms with Gasteiger partial charge in [0.1, 0.15) is 30.2 Å². The first-order chi connectivity index (χ1) is 18.9. The summed E-state index contributed by atoms with van der Waals surface area (Å²) in [5.41, 5.74) is 6.24. The van der Waals surface area contributed by atoms with E-state index in [0.717, 1.165) is 0 Å². The van der Waals surface area contributed by atoms with Crippen molar-refractivity contribution in [1.29, 1.82) is 0 Å². The van der Waals surface area contributed by atoms with E-state index in [0.29, 0.717) is 24.9 Å². The predicted octanol–water partition coefficient (Wildman–Crippen LogP) is -2.33. The molecule has 0 aromatic heterocycles. The minimum Gasteiger partial charge on any atom is -0.481 e. The first kappa shape index (κ1) is 32.2. The van der Waals surface area contributed by atoms with Crippen LogP contribution in [0.5, 0.6) is 0 Å². The molecule has 1 heterocycles. The van der Waals surface area contributed by atoms with Crippen LogP contribution in [-0.2, 0) is 35.2 Å². The Morgan fingerprint density at radius 1 is 0.825 bits per heavy atom. The molecule has 14 heteroatoms. The monoisotopic (exact) mass is 562 g/mol. The Balaban J connectivity index is 2.50. The number of carboxylic acids is 1. The molecule has 40 heavy (non-hydrogen) atoms. The van der Waals surface area contributed by atoms with E-state index in [-0.39, 0.29) is 12.8 Å². The first-order valence-electron chi connectivity index (χ1n) is 13.1. The van der Waals surface area contributed by atoms with Crippen LogP contribution >= 0.6 is 0 Å². The van der Waals surface area contributed by atoms with Gasteiger partial charge in [0.2, 0.25) is 29.5 Å². The Morgan fingerprint density at radius 3 is 2.00 bits per heavy atom. The fraction of sp³-hybridized carbons (Fsp3) is 0.538. The number of hydrogen-bond donors (Lipinski definition) is 8. The second kappa shape index (κ2) is 15.5. The van der Waals surface area contributed by atoms with Crippen molar-refractivity contribution in [3.63, 3.8) is 0 Å². The Labute approximate surface area is 231 Å². The van der Waals surface area contributed by atoms with Gasteiger partial charge in [0.15, 0.2) is 0 Å². The fourth-order valence-corrected chi connectivity index (χ4v) is 4.07. The molecule has 14 nitrogen and oxygen atoms in total. The Morgan fingerprint density at radius 2 is 1.40 bits per heavy atom. The number of unbranched alkanes of at least 4 members (excludes halogenated alkanes) is 1. The molecule has 0 bridgehead atoms. The highest BCUT2D eigenvalue weighted by molar-refractivity contribution is 5.98. The zero-order valence-corrected chi connectivity index (χ0v) is 22.5. The van der Waals surface area contributed by atoms with Gasteiger partial charge >= 0.3 is 5.97 Å². The number of aliphatic carboxylic acids is 1. The van der Waals surface area contributed by atoms with Gasteiger partial charge in [0.05, 0.1) is 12.5 Å². The van der Waals surface area contributed by atoms with Crippen LogP contribution in [0.3, 0.4) is 0 Å². The van der Waals surface area contributed by atoms with Gasteiger partial charge in [-0.15, -0.1) is 0 Å². The van der Waals surface area contributed by atoms with Crippen LogP contribution in [-0.4, -0.2) is 88.6 Å². The Bertz CT molecular complexity index is 1070. The van der Waals surface area contributed by atoms with Crippen LogP contribution in [0.15, 0.2) is 30.3 Å². The van der Waals surface area contributed by atoms with Gasteiger partial charge in [-0.25, -0.2) is 0 Å². The number of aliphatic hydroxyl groups is 1. The topological polar surface area (TPSA) is 229 Å². The molecule has 0 radical (unpaired) electrons. The summed E-state index contributed by atoms with van der Waals surface area (Å²) in [6.07, 6.45) is -1.04. The lowest BCUT2D eigenvalue weighted by Gasteiger charge is -2.26. The number of aliphatic hydroxyl groups excluding tert-OH is 1. The molecular formula is C26H38N6O8. The molecular weight excluding hydrogens is 524 g/mol. The zero-order chi connectivity index (χ0) is 29.8. The summed E-state index contributed by atoms with van der Waals surface area (Å²) in [4.78, 5) is 77.0. The maximum Gasteiger partial charge on any atom is 0.305 e. The van der Waals surface area contributed by atoms with Crippen molar-refractivity contribution in [2.24, 2.45) is 5.73 Å². The SMILES string of the molecule is C[C@@H]1NC(=O)[C@H](CCCCN)NC(=O)[C@H](Cc2ccccc2)NC(=O)[C@H](CC(=O)O)NC(=O)[C@H]([C@@H](C)O)NC1=O. The van der Waals surface area contributed by atoms with Crippen LogP contribution in [0.2, 0.25) is 0 Å². The summed E-state index contributed by atoms with van der Waals surface area (Å²) in [5, 5.41) is 31.7. The van der Waals surface area contributed by atoms with Gasteiger partial charge in [0.25, 0.3) is 0 Å². The third-order valence-electron chi connectivity index (χ3n) is 6.32. The third kappa shape index (κ3) is 9.93. The van der Waals surface area contributed by atoms with E-state index in [1.165, 1.54) is 13.8 Å². The van der Waals surface area contributed by atoms with Crippen molar-refractivity contribution in [2.45, 2.75) is 82.3 Å². The molecule has 1 aliphatic rings. The lowest BCUT2D eigenvalue weighted by atomic mass is 10.0. The molecule has 1 aliphatic heterocycles. The minimum atomic E-state index is -1.64. The second-order valence-corrected chi connectivity index (χ2v) is 9.71. The number of carbonyl (C=O) groups is 6. The number of rotatable bonds is 9. The molecule has 0 unspecified atom stereocenters. The van der Waals surface area contributed by atoms with Gasteiger partial charge in [-0.1, -0.05) is 30.3 Å². The average molecular weight is 563 g/mol. The molecule has 6 atom stereocenters. The van der Waals surface area contributed by atoms with Crippen LogP contribution in [0.1, 0.15) is 45.1 Å². The highest BCUT2D eigenvalue weighted by atomic mass is 16.4. The smallest absolute Gasteiger partial charge is 0.305 e. The maximum atomic E-state index is 13.4. The van der Waals surface area contributed by atoms with E-state index in [1.807, 2.05) is 0 Å². The highest BCUT2D eigenvalue weighted by Crippen LogP contribution is 2.09. The number of carboxylic acid groups (broad SMARTS) is 1. The van der Waals surface area contributed by atoms with Crippen LogP contribution in [0.4, 0.5) is 0 Å². The van der Waals surface area contributed by atoms with Crippen molar-refractivity contribution < 1.29 is 39.0 Å². The zero-order valence-electron chi connectivity index (χ0n) is 22.5. The maximum absolute atomic E-state index is 13.4. The molecule has 220 valence electrons. The fourth-order valence-electron chi connectivity index (χ4n) is 4.07. The van der Waals surface area contributed by atoms with E-state index in [4.69, 9.17) is 5.73 Å². The van der Waals surface area contributed by atoms with E-state index < -0.39 is 78.2 Å². The molecule has 0 spiro atoms. The van der Waals surface area contributed by atoms with Gasteiger partial charge in [-0.05, 0) is 45.2 Å². The number of benzene rings is 1. The molecule has 1 aromatic carbocycles. The third-order valence-corrected chi connectivity index (χ3v) is 6.32. The molecule has 2 rings (SSSR count). The Hall–Kier alpha value is -4.04. The summed E-state index contributed by atoms with van der Waals surface area (Å²) in [7, 11) is 0. The summed E-state index contributed by atoms with van der Waals surface area (Å²) in [5.74, 6) is -5.63. The lowest BCUT2D eigenvalue weighted by Crippen LogP contribution is -2.60. The number of hydrogen-bond acceptors (Lipinski definition) is 8. The standard InChI is InChI=1S/C26H38N6O8/c1-14-22(36)32-21(15(2)33)26(40)31-19(13-20(34)35)25(39)30-18(12-16-8-4-3-5-9-16)24(38)29-17(23(37)28-14)10-6-7-11-27/h3-5,8-9,14-15,17-19,21,33H,6-7,10-13,27H2,1-2H3,(H,28,37)(H,29,38)(H,30,39)(H,31,40)(H,32,36)(H,34,35)/t14-,15+,17-,18-,19-,21-/m0/s1. The van der Waals surface area contributed by atoms with Crippen molar-refractivity contribution in [3.8, 4) is 0 Å². The quantitative estimate of drug-likeness (QED) is 0.151. The first-order valence-corrected chi connectivity index (χ1v) is 13.1. The van der Waals surface area contributed by atoms with Crippen molar-refractivity contribution in [3.05, 3.63) is 35.9 Å². The van der Waals surface area contributed by atoms with Gasteiger partial charge < -0.3 is 42.5 Å². The Kier molecular flexibility index (Phi) is 12.5. The van der Waals surface area contributed by atoms with Crippen molar-refractivity contribution in [2.75, 3.05) is 6.54 Å². The van der Waals surface area contributed by atoms with Crippen LogP contribution in [0, 0.1) is 0 Å². The molecule has 5 amide bonds. The van der Waals surface area contributed by atoms with E-state index in [1.54, 1.807) is 30.3 Å². The second-order valence-electron chi connectivity index (χ2n) is 9.71. The minimum absolute atomic E-state index is 0.00393. The summed E-state index contributed by atoms with van der Waals surface area (Å²) in [6, 6.07) is 1.98. The largest absolute Gasteiger partial charge is 0.481 e. The number of nitrogens with two attached hydrogens (primary N) is 1. The average Bonchev–Trinajstić information content (AvgIpc) is 2.89. The molecule has 0 aliphatic carbocycles.